The largest absolute Gasteiger partial charge is 0.122 e. The normalized spacial score (nSPS) is 14.9. The molecule has 0 saturated carbocycles. The van der Waals surface area contributed by atoms with Crippen LogP contribution >= 0.6 is 23.5 Å². The molecule has 0 saturated heterocycles. The first kappa shape index (κ1) is 9.44. The Morgan fingerprint density at radius 3 is 1.67 bits per heavy atom. The Balaban J connectivity index is 0.000000148. The summed E-state index contributed by atoms with van der Waals surface area (Å²) in [6.45, 7) is 4.36. The fourth-order valence-corrected chi connectivity index (χ4v) is 1.77. The van der Waals surface area contributed by atoms with E-state index in [-0.39, 0.29) is 0 Å². The van der Waals surface area contributed by atoms with Crippen molar-refractivity contribution in [1.29, 1.82) is 0 Å². The van der Waals surface area contributed by atoms with Gasteiger partial charge in [-0.3, -0.25) is 0 Å². The predicted octanol–water partition coefficient (Wildman–Crippen LogP) is 3.70. The Morgan fingerprint density at radius 1 is 1.11 bits per heavy atom. The molecule has 1 heterocycles. The Morgan fingerprint density at radius 2 is 1.56 bits per heavy atom. The monoisotopic (exact) mass is 162 g/mol. The molecule has 1 rings (SSSR count). The second-order valence-electron chi connectivity index (χ2n) is 1.72. The van der Waals surface area contributed by atoms with E-state index >= 15 is 0 Å². The van der Waals surface area contributed by atoms with Crippen molar-refractivity contribution in [3.8, 4) is 0 Å². The zero-order valence-corrected chi connectivity index (χ0v) is 7.73. The molecule has 54 valence electrons. The standard InChI is InChI=1S/C4H10.C3H4S2/c1-3-4-2;1-2-5-3-4-1/h3-4H2,1-2H3;1-2H,3H2. The topological polar surface area (TPSA) is 0 Å². The first-order chi connectivity index (χ1) is 4.41. The average molecular weight is 162 g/mol. The summed E-state index contributed by atoms with van der Waals surface area (Å²) < 4.78 is 0. The summed E-state index contributed by atoms with van der Waals surface area (Å²) in [4.78, 5) is 0. The van der Waals surface area contributed by atoms with Crippen molar-refractivity contribution in [2.75, 3.05) is 5.08 Å². The lowest BCUT2D eigenvalue weighted by atomic mass is 10.4. The molecule has 2 heteroatoms. The SMILES string of the molecule is C1=CSCS1.CCCC. The molecular formula is C7H14S2. The summed E-state index contributed by atoms with van der Waals surface area (Å²) in [5.74, 6) is 0. The summed E-state index contributed by atoms with van der Waals surface area (Å²) in [5.41, 5.74) is 0. The van der Waals surface area contributed by atoms with E-state index in [0.717, 1.165) is 0 Å². The first-order valence-corrected chi connectivity index (χ1v) is 5.39. The van der Waals surface area contributed by atoms with Gasteiger partial charge in [-0.2, -0.15) is 0 Å². The van der Waals surface area contributed by atoms with Crippen molar-refractivity contribution in [2.24, 2.45) is 0 Å². The number of thioether (sulfide) groups is 2. The van der Waals surface area contributed by atoms with Crippen LogP contribution in [0.25, 0.3) is 0 Å². The van der Waals surface area contributed by atoms with Gasteiger partial charge in [0, 0.05) is 5.08 Å². The fraction of sp³-hybridized carbons (Fsp3) is 0.714. The van der Waals surface area contributed by atoms with E-state index in [9.17, 15) is 0 Å². The summed E-state index contributed by atoms with van der Waals surface area (Å²) >= 11 is 3.71. The molecule has 0 bridgehead atoms. The van der Waals surface area contributed by atoms with E-state index < -0.39 is 0 Å². The van der Waals surface area contributed by atoms with Gasteiger partial charge in [-0.25, -0.2) is 0 Å². The first-order valence-electron chi connectivity index (χ1n) is 3.30. The Hall–Kier alpha value is 0.440. The Bertz CT molecular complexity index is 61.3. The smallest absolute Gasteiger partial charge is 0.0475 e. The minimum absolute atomic E-state index is 1.22. The van der Waals surface area contributed by atoms with Gasteiger partial charge in [-0.15, -0.1) is 23.5 Å². The van der Waals surface area contributed by atoms with E-state index in [1.54, 1.807) is 0 Å². The molecule has 1 aliphatic rings. The molecule has 0 amide bonds. The number of rotatable bonds is 1. The molecule has 0 radical (unpaired) electrons. The average Bonchev–Trinajstić information content (AvgIpc) is 2.43. The molecule has 1 aliphatic heterocycles. The van der Waals surface area contributed by atoms with Crippen LogP contribution in [0, 0.1) is 0 Å². The zero-order valence-electron chi connectivity index (χ0n) is 6.09. The fourth-order valence-electron chi connectivity index (χ4n) is 0.196. The van der Waals surface area contributed by atoms with Gasteiger partial charge in [0.05, 0.1) is 0 Å². The van der Waals surface area contributed by atoms with E-state index in [0.29, 0.717) is 0 Å². The lowest BCUT2D eigenvalue weighted by molar-refractivity contribution is 0.886. The van der Waals surface area contributed by atoms with Crippen molar-refractivity contribution in [3.05, 3.63) is 10.8 Å². The van der Waals surface area contributed by atoms with E-state index in [1.165, 1.54) is 17.9 Å². The third-order valence-corrected chi connectivity index (χ3v) is 2.80. The highest BCUT2D eigenvalue weighted by Gasteiger charge is 1.85. The zero-order chi connectivity index (χ0) is 6.95. The highest BCUT2D eigenvalue weighted by atomic mass is 32.2. The lowest BCUT2D eigenvalue weighted by Crippen LogP contribution is -1.47. The predicted molar refractivity (Wildman–Crippen MR) is 49.8 cm³/mol. The van der Waals surface area contributed by atoms with Gasteiger partial charge in [-0.1, -0.05) is 26.7 Å². The molecule has 0 nitrogen and oxygen atoms in total. The van der Waals surface area contributed by atoms with E-state index in [1.807, 2.05) is 23.5 Å². The lowest BCUT2D eigenvalue weighted by Gasteiger charge is -1.69. The van der Waals surface area contributed by atoms with Crippen molar-refractivity contribution in [2.45, 2.75) is 26.7 Å². The molecule has 0 N–H and O–H groups in total. The maximum absolute atomic E-state index is 2.18. The van der Waals surface area contributed by atoms with Crippen LogP contribution in [0.15, 0.2) is 10.8 Å². The van der Waals surface area contributed by atoms with Gasteiger partial charge in [-0.05, 0) is 10.8 Å². The van der Waals surface area contributed by atoms with Gasteiger partial charge in [0.1, 0.15) is 0 Å². The second-order valence-corrected chi connectivity index (χ2v) is 3.88. The molecular weight excluding hydrogens is 148 g/mol. The Kier molecular flexibility index (Phi) is 8.85. The second kappa shape index (κ2) is 8.44. The van der Waals surface area contributed by atoms with Gasteiger partial charge >= 0.3 is 0 Å². The Labute approximate surface area is 66.5 Å². The summed E-state index contributed by atoms with van der Waals surface area (Å²) in [5, 5.41) is 5.45. The highest BCUT2D eigenvalue weighted by Crippen LogP contribution is 2.22. The summed E-state index contributed by atoms with van der Waals surface area (Å²) in [6, 6.07) is 0. The third kappa shape index (κ3) is 8.44. The van der Waals surface area contributed by atoms with Crippen molar-refractivity contribution in [1.82, 2.24) is 0 Å². The molecule has 0 fully saturated rings. The minimum atomic E-state index is 1.22. The van der Waals surface area contributed by atoms with Crippen LogP contribution in [0.1, 0.15) is 26.7 Å². The van der Waals surface area contributed by atoms with Crippen LogP contribution in [0.2, 0.25) is 0 Å². The summed E-state index contributed by atoms with van der Waals surface area (Å²) in [6.07, 6.45) is 2.64. The van der Waals surface area contributed by atoms with Crippen LogP contribution in [0.4, 0.5) is 0 Å². The van der Waals surface area contributed by atoms with Gasteiger partial charge in [0.2, 0.25) is 0 Å². The van der Waals surface area contributed by atoms with E-state index in [2.05, 4.69) is 24.7 Å². The maximum Gasteiger partial charge on any atom is 0.0475 e. The quantitative estimate of drug-likeness (QED) is 0.576. The molecule has 0 atom stereocenters. The molecule has 0 aliphatic carbocycles. The van der Waals surface area contributed by atoms with Gasteiger partial charge < -0.3 is 0 Å². The molecule has 9 heavy (non-hydrogen) atoms. The van der Waals surface area contributed by atoms with Gasteiger partial charge in [0.15, 0.2) is 0 Å². The van der Waals surface area contributed by atoms with Crippen molar-refractivity contribution < 1.29 is 0 Å². The van der Waals surface area contributed by atoms with Gasteiger partial charge in [0.25, 0.3) is 0 Å². The van der Waals surface area contributed by atoms with Crippen molar-refractivity contribution >= 4 is 23.5 Å². The molecule has 0 spiro atoms. The van der Waals surface area contributed by atoms with Crippen LogP contribution in [-0.4, -0.2) is 5.08 Å². The number of hydrogen-bond acceptors (Lipinski definition) is 2. The minimum Gasteiger partial charge on any atom is -0.122 e. The molecule has 0 aromatic carbocycles. The molecule has 0 aromatic heterocycles. The van der Waals surface area contributed by atoms with Crippen molar-refractivity contribution in [3.63, 3.8) is 0 Å². The van der Waals surface area contributed by atoms with Crippen LogP contribution < -0.4 is 0 Å². The maximum atomic E-state index is 2.18. The van der Waals surface area contributed by atoms with E-state index in [4.69, 9.17) is 0 Å². The van der Waals surface area contributed by atoms with Crippen LogP contribution in [0.5, 0.6) is 0 Å². The highest BCUT2D eigenvalue weighted by molar-refractivity contribution is 8.21. The third-order valence-electron chi connectivity index (χ3n) is 0.884. The number of unbranched alkanes of at least 4 members (excludes halogenated alkanes) is 1. The van der Waals surface area contributed by atoms with Crippen LogP contribution in [-0.2, 0) is 0 Å². The summed E-state index contributed by atoms with van der Waals surface area (Å²) in [7, 11) is 0. The molecule has 0 unspecified atom stereocenters. The number of hydrogen-bond donors (Lipinski definition) is 0. The van der Waals surface area contributed by atoms with Crippen LogP contribution in [0.3, 0.4) is 0 Å². The molecule has 0 aromatic rings.